The summed E-state index contributed by atoms with van der Waals surface area (Å²) in [5.41, 5.74) is 0.0678. The van der Waals surface area contributed by atoms with Crippen LogP contribution < -0.4 is 10.6 Å². The maximum atomic E-state index is 4.84. The monoisotopic (exact) mass is 479 g/mol. The zero-order chi connectivity index (χ0) is 17.6. The number of halogens is 1. The van der Waals surface area contributed by atoms with E-state index < -0.39 is 0 Å². The summed E-state index contributed by atoms with van der Waals surface area (Å²) in [6.45, 7) is 12.6. The molecule has 5 nitrogen and oxygen atoms in total. The van der Waals surface area contributed by atoms with Crippen molar-refractivity contribution in [1.82, 2.24) is 20.4 Å². The lowest BCUT2D eigenvalue weighted by Crippen LogP contribution is -2.55. The Kier molecular flexibility index (Phi) is 9.69. The van der Waals surface area contributed by atoms with Gasteiger partial charge in [-0.3, -0.25) is 9.89 Å². The Morgan fingerprint density at radius 2 is 2.08 bits per heavy atom. The maximum Gasteiger partial charge on any atom is 0.191 e. The fraction of sp³-hybridized carbons (Fsp3) is 0.722. The van der Waals surface area contributed by atoms with Gasteiger partial charge in [-0.2, -0.15) is 0 Å². The molecule has 1 aromatic rings. The van der Waals surface area contributed by atoms with Gasteiger partial charge in [0.2, 0.25) is 0 Å². The topological polar surface area (TPSA) is 42.9 Å². The van der Waals surface area contributed by atoms with E-state index in [0.29, 0.717) is 6.04 Å². The number of nitrogens with zero attached hydrogens (tertiary/aromatic N) is 3. The van der Waals surface area contributed by atoms with Crippen molar-refractivity contribution in [1.29, 1.82) is 0 Å². The second kappa shape index (κ2) is 10.7. The van der Waals surface area contributed by atoms with Gasteiger partial charge in [0.05, 0.1) is 6.54 Å². The molecule has 0 aromatic carbocycles. The van der Waals surface area contributed by atoms with Crippen molar-refractivity contribution < 1.29 is 0 Å². The van der Waals surface area contributed by atoms with E-state index in [0.717, 1.165) is 45.2 Å². The molecule has 0 radical (unpaired) electrons. The van der Waals surface area contributed by atoms with Crippen LogP contribution in [0.1, 0.15) is 25.6 Å². The van der Waals surface area contributed by atoms with E-state index in [1.165, 1.54) is 4.88 Å². The molecule has 1 atom stereocenters. The van der Waals surface area contributed by atoms with Gasteiger partial charge in [0.15, 0.2) is 5.96 Å². The number of piperazine rings is 1. The van der Waals surface area contributed by atoms with Crippen molar-refractivity contribution in [3.63, 3.8) is 0 Å². The summed E-state index contributed by atoms with van der Waals surface area (Å²) in [5, 5.41) is 9.05. The molecule has 1 aromatic heterocycles. The Hall–Kier alpha value is -0.380. The van der Waals surface area contributed by atoms with Crippen molar-refractivity contribution in [3.8, 4) is 0 Å². The fourth-order valence-electron chi connectivity index (χ4n) is 2.90. The summed E-state index contributed by atoms with van der Waals surface area (Å²) >= 11 is 1.81. The van der Waals surface area contributed by atoms with E-state index in [2.05, 4.69) is 72.8 Å². The number of rotatable bonds is 6. The van der Waals surface area contributed by atoms with E-state index in [1.807, 2.05) is 11.3 Å². The average molecular weight is 479 g/mol. The van der Waals surface area contributed by atoms with Crippen LogP contribution in [0, 0.1) is 0 Å². The summed E-state index contributed by atoms with van der Waals surface area (Å²) < 4.78 is 0. The molecule has 144 valence electrons. The molecule has 1 aliphatic heterocycles. The second-order valence-electron chi connectivity index (χ2n) is 7.33. The first-order chi connectivity index (χ1) is 11.4. The van der Waals surface area contributed by atoms with Gasteiger partial charge in [-0.25, -0.2) is 0 Å². The third-order valence-electron chi connectivity index (χ3n) is 4.65. The van der Waals surface area contributed by atoms with E-state index in [9.17, 15) is 0 Å². The zero-order valence-corrected chi connectivity index (χ0v) is 19.4. The third kappa shape index (κ3) is 7.03. The molecule has 1 aliphatic rings. The molecule has 1 unspecified atom stereocenters. The first kappa shape index (κ1) is 22.7. The van der Waals surface area contributed by atoms with Gasteiger partial charge in [-0.05, 0) is 32.5 Å². The van der Waals surface area contributed by atoms with Crippen LogP contribution in [0.2, 0.25) is 0 Å². The van der Waals surface area contributed by atoms with Crippen molar-refractivity contribution >= 4 is 41.3 Å². The molecule has 2 N–H and O–H groups in total. The number of guanidine groups is 1. The molecule has 0 amide bonds. The normalized spacial score (nSPS) is 20.2. The van der Waals surface area contributed by atoms with Crippen LogP contribution in [-0.4, -0.2) is 75.2 Å². The number of nitrogens with one attached hydrogen (secondary N) is 2. The van der Waals surface area contributed by atoms with Crippen molar-refractivity contribution in [2.75, 3.05) is 53.4 Å². The lowest BCUT2D eigenvalue weighted by Gasteiger charge is -2.38. The molecule has 1 saturated heterocycles. The molecule has 2 rings (SSSR count). The highest BCUT2D eigenvalue weighted by atomic mass is 127. The minimum absolute atomic E-state index is 0. The summed E-state index contributed by atoms with van der Waals surface area (Å²) in [6, 6.07) is 4.84. The van der Waals surface area contributed by atoms with Crippen molar-refractivity contribution in [2.24, 2.45) is 4.99 Å². The summed E-state index contributed by atoms with van der Waals surface area (Å²) in [7, 11) is 4.41. The number of aliphatic imine (C=N–C) groups is 1. The van der Waals surface area contributed by atoms with Gasteiger partial charge in [-0.1, -0.05) is 19.9 Å². The van der Waals surface area contributed by atoms with E-state index >= 15 is 0 Å². The van der Waals surface area contributed by atoms with E-state index in [-0.39, 0.29) is 29.4 Å². The smallest absolute Gasteiger partial charge is 0.191 e. The number of likely N-dealkylation sites (N-methyl/N-ethyl adjacent to an activating group) is 2. The number of hydrogen-bond acceptors (Lipinski definition) is 4. The predicted molar refractivity (Wildman–Crippen MR) is 121 cm³/mol. The third-order valence-corrected chi connectivity index (χ3v) is 5.89. The Balaban J connectivity index is 0.00000312. The zero-order valence-electron chi connectivity index (χ0n) is 16.2. The molecular formula is C18H34IN5S. The van der Waals surface area contributed by atoms with Crippen LogP contribution in [-0.2, 0) is 5.41 Å². The highest BCUT2D eigenvalue weighted by Gasteiger charge is 2.23. The molecule has 1 fully saturated rings. The predicted octanol–water partition coefficient (Wildman–Crippen LogP) is 2.44. The Labute approximate surface area is 174 Å². The van der Waals surface area contributed by atoms with Crippen molar-refractivity contribution in [3.05, 3.63) is 22.4 Å². The van der Waals surface area contributed by atoms with Gasteiger partial charge in [0.1, 0.15) is 0 Å². The highest BCUT2D eigenvalue weighted by molar-refractivity contribution is 14.0. The standard InChI is InChI=1S/C18H33N5S.HI/c1-6-19-17(20-12-15-13-22(4)9-10-23(15)5)21-14-18(2,3)16-8-7-11-24-16;/h7-8,11,15H,6,9-10,12-14H2,1-5H3,(H2,19,20,21);1H. The molecule has 0 aliphatic carbocycles. The quantitative estimate of drug-likeness (QED) is 0.374. The van der Waals surface area contributed by atoms with Gasteiger partial charge in [-0.15, -0.1) is 35.3 Å². The Bertz CT molecular complexity index is 518. The molecule has 2 heterocycles. The number of hydrogen-bond donors (Lipinski definition) is 2. The Morgan fingerprint density at radius 3 is 2.72 bits per heavy atom. The molecule has 7 heteroatoms. The minimum atomic E-state index is 0. The SMILES string of the molecule is CCNC(=NCC(C)(C)c1cccs1)NCC1CN(C)CCN1C.I. The van der Waals surface area contributed by atoms with Crippen LogP contribution in [0.15, 0.2) is 22.5 Å². The molecule has 0 bridgehead atoms. The molecular weight excluding hydrogens is 445 g/mol. The molecule has 0 spiro atoms. The van der Waals surface area contributed by atoms with Gasteiger partial charge < -0.3 is 15.5 Å². The fourth-order valence-corrected chi connectivity index (χ4v) is 3.74. The molecule has 25 heavy (non-hydrogen) atoms. The lowest BCUT2D eigenvalue weighted by molar-refractivity contribution is 0.116. The summed E-state index contributed by atoms with van der Waals surface area (Å²) in [6.07, 6.45) is 0. The van der Waals surface area contributed by atoms with Crippen LogP contribution >= 0.6 is 35.3 Å². The summed E-state index contributed by atoms with van der Waals surface area (Å²) in [4.78, 5) is 11.1. The van der Waals surface area contributed by atoms with Gasteiger partial charge in [0, 0.05) is 49.1 Å². The number of thiophene rings is 1. The van der Waals surface area contributed by atoms with Gasteiger partial charge >= 0.3 is 0 Å². The van der Waals surface area contributed by atoms with Crippen LogP contribution in [0.25, 0.3) is 0 Å². The van der Waals surface area contributed by atoms with Gasteiger partial charge in [0.25, 0.3) is 0 Å². The van der Waals surface area contributed by atoms with Crippen LogP contribution in [0.3, 0.4) is 0 Å². The minimum Gasteiger partial charge on any atom is -0.357 e. The van der Waals surface area contributed by atoms with Crippen LogP contribution in [0.4, 0.5) is 0 Å². The molecule has 0 saturated carbocycles. The lowest BCUT2D eigenvalue weighted by atomic mass is 9.92. The highest BCUT2D eigenvalue weighted by Crippen LogP contribution is 2.27. The van der Waals surface area contributed by atoms with Crippen LogP contribution in [0.5, 0.6) is 0 Å². The maximum absolute atomic E-state index is 4.84. The van der Waals surface area contributed by atoms with E-state index in [4.69, 9.17) is 4.99 Å². The first-order valence-corrected chi connectivity index (χ1v) is 9.75. The van der Waals surface area contributed by atoms with Crippen molar-refractivity contribution in [2.45, 2.75) is 32.2 Å². The first-order valence-electron chi connectivity index (χ1n) is 8.87. The summed E-state index contributed by atoms with van der Waals surface area (Å²) in [5.74, 6) is 0.920. The average Bonchev–Trinajstić information content (AvgIpc) is 3.08. The largest absolute Gasteiger partial charge is 0.357 e. The Morgan fingerprint density at radius 1 is 1.32 bits per heavy atom. The van der Waals surface area contributed by atoms with E-state index in [1.54, 1.807) is 0 Å². The second-order valence-corrected chi connectivity index (χ2v) is 8.28.